The number of para-hydroxylation sites is 1. The van der Waals surface area contributed by atoms with Gasteiger partial charge in [0, 0.05) is 18.5 Å². The number of aliphatic hydroxyl groups is 1. The maximum absolute atomic E-state index is 12.7. The molecule has 1 amide bonds. The number of fused-ring (bicyclic) bond motifs is 1. The van der Waals surface area contributed by atoms with E-state index >= 15 is 0 Å². The van der Waals surface area contributed by atoms with Crippen molar-refractivity contribution in [1.82, 2.24) is 9.88 Å². The van der Waals surface area contributed by atoms with Crippen molar-refractivity contribution in [2.75, 3.05) is 13.1 Å². The largest absolute Gasteiger partial charge is 0.505 e. The Kier molecular flexibility index (Phi) is 4.14. The molecule has 0 radical (unpaired) electrons. The Balaban J connectivity index is 2.49. The lowest BCUT2D eigenvalue weighted by molar-refractivity contribution is 0.0314. The number of pyridine rings is 1. The van der Waals surface area contributed by atoms with Crippen LogP contribution in [0, 0.1) is 0 Å². The SMILES string of the molecule is CCN(CC(C)(C)O)C(=O)c1c(O)cnc2ccccc12. The summed E-state index contributed by atoms with van der Waals surface area (Å²) in [5.41, 5.74) is -0.117. The number of likely N-dealkylation sites (N-methyl/N-ethyl adjacent to an activating group) is 1. The molecule has 21 heavy (non-hydrogen) atoms. The highest BCUT2D eigenvalue weighted by atomic mass is 16.3. The van der Waals surface area contributed by atoms with Crippen molar-refractivity contribution >= 4 is 16.8 Å². The van der Waals surface area contributed by atoms with Crippen LogP contribution in [-0.4, -0.2) is 44.7 Å². The first kappa shape index (κ1) is 15.3. The molecule has 0 aliphatic carbocycles. The van der Waals surface area contributed by atoms with Crippen molar-refractivity contribution < 1.29 is 15.0 Å². The third-order valence-corrected chi connectivity index (χ3v) is 3.22. The van der Waals surface area contributed by atoms with Crippen LogP contribution < -0.4 is 0 Å². The molecule has 0 spiro atoms. The van der Waals surface area contributed by atoms with E-state index in [1.165, 1.54) is 11.1 Å². The first-order valence-electron chi connectivity index (χ1n) is 6.92. The summed E-state index contributed by atoms with van der Waals surface area (Å²) >= 11 is 0. The highest BCUT2D eigenvalue weighted by molar-refractivity contribution is 6.08. The summed E-state index contributed by atoms with van der Waals surface area (Å²) in [6.07, 6.45) is 1.29. The lowest BCUT2D eigenvalue weighted by Gasteiger charge is -2.28. The van der Waals surface area contributed by atoms with Gasteiger partial charge in [-0.3, -0.25) is 9.78 Å². The monoisotopic (exact) mass is 288 g/mol. The summed E-state index contributed by atoms with van der Waals surface area (Å²) in [7, 11) is 0. The van der Waals surface area contributed by atoms with Crippen molar-refractivity contribution in [2.24, 2.45) is 0 Å². The van der Waals surface area contributed by atoms with Crippen LogP contribution >= 0.6 is 0 Å². The quantitative estimate of drug-likeness (QED) is 0.904. The average molecular weight is 288 g/mol. The highest BCUT2D eigenvalue weighted by Crippen LogP contribution is 2.26. The van der Waals surface area contributed by atoms with E-state index in [2.05, 4.69) is 4.98 Å². The topological polar surface area (TPSA) is 73.7 Å². The normalized spacial score (nSPS) is 11.6. The fourth-order valence-corrected chi connectivity index (χ4v) is 2.31. The number of aromatic hydroxyl groups is 1. The second-order valence-corrected chi connectivity index (χ2v) is 5.67. The van der Waals surface area contributed by atoms with E-state index in [1.54, 1.807) is 32.0 Å². The summed E-state index contributed by atoms with van der Waals surface area (Å²) in [6.45, 7) is 5.77. The van der Waals surface area contributed by atoms with Crippen LogP contribution in [0.2, 0.25) is 0 Å². The van der Waals surface area contributed by atoms with Crippen molar-refractivity contribution in [1.29, 1.82) is 0 Å². The molecule has 1 heterocycles. The number of carbonyl (C=O) groups is 1. The minimum absolute atomic E-state index is 0.145. The molecule has 5 heteroatoms. The van der Waals surface area contributed by atoms with Crippen molar-refractivity contribution in [3.05, 3.63) is 36.0 Å². The molecule has 0 saturated heterocycles. The molecule has 2 aromatic rings. The maximum Gasteiger partial charge on any atom is 0.258 e. The second kappa shape index (κ2) is 5.69. The molecular formula is C16H20N2O3. The van der Waals surface area contributed by atoms with Crippen LogP contribution in [0.1, 0.15) is 31.1 Å². The van der Waals surface area contributed by atoms with Gasteiger partial charge in [0.2, 0.25) is 0 Å². The molecule has 0 fully saturated rings. The number of aromatic nitrogens is 1. The van der Waals surface area contributed by atoms with Gasteiger partial charge in [-0.05, 0) is 26.8 Å². The van der Waals surface area contributed by atoms with Gasteiger partial charge in [-0.1, -0.05) is 18.2 Å². The second-order valence-electron chi connectivity index (χ2n) is 5.67. The van der Waals surface area contributed by atoms with Gasteiger partial charge in [0.05, 0.1) is 22.9 Å². The van der Waals surface area contributed by atoms with Gasteiger partial charge in [0.1, 0.15) is 5.75 Å². The van der Waals surface area contributed by atoms with E-state index in [-0.39, 0.29) is 23.8 Å². The van der Waals surface area contributed by atoms with Gasteiger partial charge in [-0.2, -0.15) is 0 Å². The number of rotatable bonds is 4. The molecular weight excluding hydrogens is 268 g/mol. The number of amides is 1. The summed E-state index contributed by atoms with van der Waals surface area (Å²) in [5, 5.41) is 20.6. The van der Waals surface area contributed by atoms with E-state index in [9.17, 15) is 15.0 Å². The molecule has 1 aromatic heterocycles. The van der Waals surface area contributed by atoms with Crippen molar-refractivity contribution in [3.8, 4) is 5.75 Å². The third-order valence-electron chi connectivity index (χ3n) is 3.22. The number of hydrogen-bond acceptors (Lipinski definition) is 4. The molecule has 0 aliphatic rings. The fourth-order valence-electron chi connectivity index (χ4n) is 2.31. The van der Waals surface area contributed by atoms with E-state index in [0.717, 1.165) is 0 Å². The Morgan fingerprint density at radius 2 is 2.00 bits per heavy atom. The zero-order valence-electron chi connectivity index (χ0n) is 12.5. The lowest BCUT2D eigenvalue weighted by atomic mass is 10.0. The minimum Gasteiger partial charge on any atom is -0.505 e. The molecule has 0 bridgehead atoms. The van der Waals surface area contributed by atoms with E-state index in [1.807, 2.05) is 13.0 Å². The minimum atomic E-state index is -0.996. The van der Waals surface area contributed by atoms with Gasteiger partial charge in [-0.25, -0.2) is 0 Å². The number of benzene rings is 1. The molecule has 0 aliphatic heterocycles. The number of carbonyl (C=O) groups excluding carboxylic acids is 1. The summed E-state index contributed by atoms with van der Waals surface area (Å²) < 4.78 is 0. The molecule has 0 unspecified atom stereocenters. The summed E-state index contributed by atoms with van der Waals surface area (Å²) in [4.78, 5) is 18.3. The first-order chi connectivity index (χ1) is 9.83. The lowest BCUT2D eigenvalue weighted by Crippen LogP contribution is -2.42. The molecule has 112 valence electrons. The van der Waals surface area contributed by atoms with E-state index in [4.69, 9.17) is 0 Å². The maximum atomic E-state index is 12.7. The Labute approximate surface area is 123 Å². The average Bonchev–Trinajstić information content (AvgIpc) is 2.43. The zero-order chi connectivity index (χ0) is 15.6. The van der Waals surface area contributed by atoms with Crippen molar-refractivity contribution in [3.63, 3.8) is 0 Å². The molecule has 2 rings (SSSR count). The third kappa shape index (κ3) is 3.31. The Bertz CT molecular complexity index is 662. The Hall–Kier alpha value is -2.14. The van der Waals surface area contributed by atoms with Gasteiger partial charge < -0.3 is 15.1 Å². The highest BCUT2D eigenvalue weighted by Gasteiger charge is 2.25. The molecule has 0 atom stereocenters. The van der Waals surface area contributed by atoms with Crippen LogP contribution in [0.15, 0.2) is 30.5 Å². The van der Waals surface area contributed by atoms with Crippen LogP contribution in [0.3, 0.4) is 0 Å². The van der Waals surface area contributed by atoms with Gasteiger partial charge in [0.25, 0.3) is 5.91 Å². The number of nitrogens with zero attached hydrogens (tertiary/aromatic N) is 2. The van der Waals surface area contributed by atoms with Gasteiger partial charge >= 0.3 is 0 Å². The van der Waals surface area contributed by atoms with Crippen molar-refractivity contribution in [2.45, 2.75) is 26.4 Å². The van der Waals surface area contributed by atoms with E-state index in [0.29, 0.717) is 17.4 Å². The summed E-state index contributed by atoms with van der Waals surface area (Å²) in [5.74, 6) is -0.455. The van der Waals surface area contributed by atoms with Crippen LogP contribution in [0.4, 0.5) is 0 Å². The van der Waals surface area contributed by atoms with Crippen LogP contribution in [-0.2, 0) is 0 Å². The smallest absolute Gasteiger partial charge is 0.258 e. The Morgan fingerprint density at radius 3 is 2.62 bits per heavy atom. The Morgan fingerprint density at radius 1 is 1.33 bits per heavy atom. The predicted octanol–water partition coefficient (Wildman–Crippen LogP) is 2.17. The molecule has 0 saturated carbocycles. The predicted molar refractivity (Wildman–Crippen MR) is 81.3 cm³/mol. The van der Waals surface area contributed by atoms with Gasteiger partial charge in [-0.15, -0.1) is 0 Å². The van der Waals surface area contributed by atoms with E-state index < -0.39 is 5.60 Å². The first-order valence-corrected chi connectivity index (χ1v) is 6.92. The molecule has 5 nitrogen and oxygen atoms in total. The summed E-state index contributed by atoms with van der Waals surface area (Å²) in [6, 6.07) is 7.17. The fraction of sp³-hybridized carbons (Fsp3) is 0.375. The molecule has 2 N–H and O–H groups in total. The van der Waals surface area contributed by atoms with Crippen LogP contribution in [0.5, 0.6) is 5.75 Å². The zero-order valence-corrected chi connectivity index (χ0v) is 12.5. The van der Waals surface area contributed by atoms with Gasteiger partial charge in [0.15, 0.2) is 0 Å². The molecule has 1 aromatic carbocycles. The standard InChI is InChI=1S/C16H20N2O3/c1-4-18(10-16(2,3)21)15(20)14-11-7-5-6-8-12(11)17-9-13(14)19/h5-9,19,21H,4,10H2,1-3H3. The van der Waals surface area contributed by atoms with Crippen LogP contribution in [0.25, 0.3) is 10.9 Å². The number of hydrogen-bond donors (Lipinski definition) is 2.